The van der Waals surface area contributed by atoms with E-state index in [4.69, 9.17) is 0 Å². The number of nitrogens with one attached hydrogen (secondary N) is 2. The third-order valence-electron chi connectivity index (χ3n) is 2.72. The van der Waals surface area contributed by atoms with E-state index in [0.29, 0.717) is 12.1 Å². The Morgan fingerprint density at radius 2 is 2.06 bits per heavy atom. The lowest BCUT2D eigenvalue weighted by atomic mass is 9.96. The highest BCUT2D eigenvalue weighted by Crippen LogP contribution is 2.26. The average molecular weight is 220 g/mol. The van der Waals surface area contributed by atoms with E-state index in [-0.39, 0.29) is 17.2 Å². The van der Waals surface area contributed by atoms with E-state index in [1.54, 1.807) is 18.2 Å². The number of carbonyl (C=O) groups is 1. The van der Waals surface area contributed by atoms with Gasteiger partial charge in [-0.2, -0.15) is 0 Å². The normalized spacial score (nSPS) is 23.9. The number of benzene rings is 1. The Bertz CT molecular complexity index is 415. The maximum absolute atomic E-state index is 11.9. The third-order valence-corrected chi connectivity index (χ3v) is 2.72. The summed E-state index contributed by atoms with van der Waals surface area (Å²) in [5.74, 6) is 0.0487. The average Bonchev–Trinajstić information content (AvgIpc) is 2.18. The molecule has 1 fully saturated rings. The minimum atomic E-state index is -0.464. The first-order chi connectivity index (χ1) is 7.49. The van der Waals surface area contributed by atoms with Crippen LogP contribution in [-0.2, 0) is 4.79 Å². The Morgan fingerprint density at radius 1 is 1.38 bits per heavy atom. The number of aromatic hydroxyl groups is 1. The Balaban J connectivity index is 2.24. The van der Waals surface area contributed by atoms with Crippen molar-refractivity contribution >= 4 is 5.91 Å². The van der Waals surface area contributed by atoms with Crippen LogP contribution in [0.2, 0.25) is 0 Å². The molecule has 1 aliphatic rings. The van der Waals surface area contributed by atoms with Gasteiger partial charge in [0, 0.05) is 17.6 Å². The predicted molar refractivity (Wildman–Crippen MR) is 61.1 cm³/mol. The summed E-state index contributed by atoms with van der Waals surface area (Å²) < 4.78 is 0. The zero-order valence-corrected chi connectivity index (χ0v) is 9.45. The number of piperazine rings is 1. The van der Waals surface area contributed by atoms with Crippen LogP contribution in [0.5, 0.6) is 5.75 Å². The fraction of sp³-hybridized carbons (Fsp3) is 0.417. The predicted octanol–water partition coefficient (Wildman–Crippen LogP) is 0.931. The molecule has 1 aromatic carbocycles. The fourth-order valence-electron chi connectivity index (χ4n) is 1.88. The maximum Gasteiger partial charge on any atom is 0.242 e. The molecule has 0 aromatic heterocycles. The Kier molecular flexibility index (Phi) is 2.59. The summed E-state index contributed by atoms with van der Waals surface area (Å²) in [5.41, 5.74) is 0.383. The van der Waals surface area contributed by atoms with Gasteiger partial charge in [0.15, 0.2) is 0 Å². The monoisotopic (exact) mass is 220 g/mol. The minimum Gasteiger partial charge on any atom is -0.508 e. The molecule has 1 unspecified atom stereocenters. The van der Waals surface area contributed by atoms with Gasteiger partial charge < -0.3 is 10.4 Å². The van der Waals surface area contributed by atoms with Crippen molar-refractivity contribution in [1.29, 1.82) is 0 Å². The van der Waals surface area contributed by atoms with Crippen molar-refractivity contribution in [2.24, 2.45) is 0 Å². The van der Waals surface area contributed by atoms with Gasteiger partial charge in [-0.1, -0.05) is 18.2 Å². The SMILES string of the molecule is CC1(C)CNC(c2ccccc2O)C(=O)N1. The lowest BCUT2D eigenvalue weighted by Crippen LogP contribution is -2.59. The highest BCUT2D eigenvalue weighted by Gasteiger charge is 2.33. The van der Waals surface area contributed by atoms with Crippen LogP contribution in [0.25, 0.3) is 0 Å². The maximum atomic E-state index is 11.9. The molecule has 1 aliphatic heterocycles. The summed E-state index contributed by atoms with van der Waals surface area (Å²) in [5, 5.41) is 15.8. The van der Waals surface area contributed by atoms with E-state index in [2.05, 4.69) is 10.6 Å². The van der Waals surface area contributed by atoms with E-state index in [0.717, 1.165) is 0 Å². The molecular formula is C12H16N2O2. The summed E-state index contributed by atoms with van der Waals surface area (Å²) in [7, 11) is 0. The molecule has 2 rings (SSSR count). The minimum absolute atomic E-state index is 0.0993. The fourth-order valence-corrected chi connectivity index (χ4v) is 1.88. The molecule has 1 atom stereocenters. The summed E-state index contributed by atoms with van der Waals surface area (Å²) in [6.07, 6.45) is 0. The van der Waals surface area contributed by atoms with Crippen molar-refractivity contribution in [3.05, 3.63) is 29.8 Å². The second-order valence-electron chi connectivity index (χ2n) is 4.75. The van der Waals surface area contributed by atoms with Gasteiger partial charge in [-0.3, -0.25) is 10.1 Å². The van der Waals surface area contributed by atoms with E-state index in [9.17, 15) is 9.90 Å². The number of phenolic OH excluding ortho intramolecular Hbond substituents is 1. The van der Waals surface area contributed by atoms with Gasteiger partial charge in [-0.15, -0.1) is 0 Å². The first-order valence-corrected chi connectivity index (χ1v) is 5.33. The van der Waals surface area contributed by atoms with Crippen LogP contribution in [-0.4, -0.2) is 23.1 Å². The number of hydrogen-bond acceptors (Lipinski definition) is 3. The van der Waals surface area contributed by atoms with Gasteiger partial charge >= 0.3 is 0 Å². The quantitative estimate of drug-likeness (QED) is 0.660. The van der Waals surface area contributed by atoms with Crippen molar-refractivity contribution in [3.8, 4) is 5.75 Å². The standard InChI is InChI=1S/C12H16N2O2/c1-12(2)7-13-10(11(16)14-12)8-5-3-4-6-9(8)15/h3-6,10,13,15H,7H2,1-2H3,(H,14,16). The summed E-state index contributed by atoms with van der Waals surface area (Å²) in [4.78, 5) is 11.9. The molecule has 0 radical (unpaired) electrons. The summed E-state index contributed by atoms with van der Waals surface area (Å²) in [6, 6.07) is 6.43. The number of rotatable bonds is 1. The van der Waals surface area contributed by atoms with Crippen molar-refractivity contribution in [2.45, 2.75) is 25.4 Å². The van der Waals surface area contributed by atoms with E-state index in [1.807, 2.05) is 19.9 Å². The molecular weight excluding hydrogens is 204 g/mol. The second-order valence-corrected chi connectivity index (χ2v) is 4.75. The van der Waals surface area contributed by atoms with Crippen LogP contribution in [0.1, 0.15) is 25.5 Å². The first kappa shape index (κ1) is 11.0. The molecule has 86 valence electrons. The molecule has 4 heteroatoms. The van der Waals surface area contributed by atoms with Crippen LogP contribution in [0.3, 0.4) is 0 Å². The smallest absolute Gasteiger partial charge is 0.242 e. The zero-order valence-electron chi connectivity index (χ0n) is 9.45. The van der Waals surface area contributed by atoms with Crippen molar-refractivity contribution in [3.63, 3.8) is 0 Å². The highest BCUT2D eigenvalue weighted by atomic mass is 16.3. The Morgan fingerprint density at radius 3 is 2.69 bits per heavy atom. The topological polar surface area (TPSA) is 61.4 Å². The van der Waals surface area contributed by atoms with Crippen LogP contribution >= 0.6 is 0 Å². The molecule has 0 bridgehead atoms. The highest BCUT2D eigenvalue weighted by molar-refractivity contribution is 5.85. The summed E-state index contributed by atoms with van der Waals surface area (Å²) >= 11 is 0. The van der Waals surface area contributed by atoms with Crippen LogP contribution in [0, 0.1) is 0 Å². The Labute approximate surface area is 94.7 Å². The molecule has 16 heavy (non-hydrogen) atoms. The molecule has 3 N–H and O–H groups in total. The van der Waals surface area contributed by atoms with E-state index >= 15 is 0 Å². The van der Waals surface area contributed by atoms with Crippen molar-refractivity contribution in [2.75, 3.05) is 6.54 Å². The summed E-state index contributed by atoms with van der Waals surface area (Å²) in [6.45, 7) is 4.59. The van der Waals surface area contributed by atoms with Crippen molar-refractivity contribution in [1.82, 2.24) is 10.6 Å². The van der Waals surface area contributed by atoms with Gasteiger partial charge in [0.2, 0.25) is 5.91 Å². The second kappa shape index (κ2) is 3.79. The lowest BCUT2D eigenvalue weighted by Gasteiger charge is -2.36. The van der Waals surface area contributed by atoms with Crippen molar-refractivity contribution < 1.29 is 9.90 Å². The van der Waals surface area contributed by atoms with E-state index in [1.165, 1.54) is 0 Å². The number of amides is 1. The largest absolute Gasteiger partial charge is 0.508 e. The molecule has 1 aromatic rings. The number of para-hydroxylation sites is 1. The molecule has 1 saturated heterocycles. The molecule has 1 heterocycles. The zero-order chi connectivity index (χ0) is 11.8. The third kappa shape index (κ3) is 2.02. The molecule has 0 saturated carbocycles. The Hall–Kier alpha value is -1.55. The van der Waals surface area contributed by atoms with Gasteiger partial charge in [0.1, 0.15) is 11.8 Å². The molecule has 0 spiro atoms. The van der Waals surface area contributed by atoms with Crippen LogP contribution in [0.4, 0.5) is 0 Å². The van der Waals surface area contributed by atoms with Gasteiger partial charge in [0.05, 0.1) is 0 Å². The van der Waals surface area contributed by atoms with Crippen LogP contribution < -0.4 is 10.6 Å². The van der Waals surface area contributed by atoms with E-state index < -0.39 is 6.04 Å². The van der Waals surface area contributed by atoms with Gasteiger partial charge in [0.25, 0.3) is 0 Å². The number of carbonyl (C=O) groups excluding carboxylic acids is 1. The molecule has 0 aliphatic carbocycles. The molecule has 4 nitrogen and oxygen atoms in total. The first-order valence-electron chi connectivity index (χ1n) is 5.33. The van der Waals surface area contributed by atoms with Crippen LogP contribution in [0.15, 0.2) is 24.3 Å². The molecule has 1 amide bonds. The van der Waals surface area contributed by atoms with Gasteiger partial charge in [-0.25, -0.2) is 0 Å². The van der Waals surface area contributed by atoms with Gasteiger partial charge in [-0.05, 0) is 19.9 Å². The number of hydrogen-bond donors (Lipinski definition) is 3. The lowest BCUT2D eigenvalue weighted by molar-refractivity contribution is -0.127. The number of phenols is 1.